The van der Waals surface area contributed by atoms with Crippen molar-refractivity contribution in [2.24, 2.45) is 0 Å². The standard InChI is InChI=1S/C14H27N5/c1-3-5-9-18(10-13-7-6-8-15-13)11-14-16-12-17-19(14)4-2/h12-13,15H,3-11H2,1-2H3. The van der Waals surface area contributed by atoms with Crippen molar-refractivity contribution in [1.82, 2.24) is 25.0 Å². The minimum Gasteiger partial charge on any atom is -0.313 e. The third-order valence-corrected chi connectivity index (χ3v) is 3.83. The summed E-state index contributed by atoms with van der Waals surface area (Å²) >= 11 is 0. The van der Waals surface area contributed by atoms with Gasteiger partial charge in [0.1, 0.15) is 12.2 Å². The van der Waals surface area contributed by atoms with Crippen LogP contribution in [0.25, 0.3) is 0 Å². The number of hydrogen-bond acceptors (Lipinski definition) is 4. The monoisotopic (exact) mass is 265 g/mol. The van der Waals surface area contributed by atoms with Gasteiger partial charge in [-0.15, -0.1) is 0 Å². The lowest BCUT2D eigenvalue weighted by atomic mass is 10.2. The van der Waals surface area contributed by atoms with E-state index in [0.29, 0.717) is 6.04 Å². The lowest BCUT2D eigenvalue weighted by molar-refractivity contribution is 0.228. The van der Waals surface area contributed by atoms with Crippen LogP contribution in [0.4, 0.5) is 0 Å². The Morgan fingerprint density at radius 3 is 3.05 bits per heavy atom. The first-order chi connectivity index (χ1) is 9.33. The van der Waals surface area contributed by atoms with E-state index >= 15 is 0 Å². The normalized spacial score (nSPS) is 19.4. The second-order valence-corrected chi connectivity index (χ2v) is 5.37. The number of nitrogens with one attached hydrogen (secondary N) is 1. The first-order valence-corrected chi connectivity index (χ1v) is 7.66. The minimum absolute atomic E-state index is 0.662. The highest BCUT2D eigenvalue weighted by atomic mass is 15.3. The Labute approximate surface area is 116 Å². The zero-order valence-corrected chi connectivity index (χ0v) is 12.3. The molecule has 1 fully saturated rings. The average Bonchev–Trinajstić information content (AvgIpc) is 3.07. The molecule has 1 N–H and O–H groups in total. The van der Waals surface area contributed by atoms with Crippen LogP contribution in [-0.4, -0.2) is 45.3 Å². The molecule has 5 nitrogen and oxygen atoms in total. The van der Waals surface area contributed by atoms with Gasteiger partial charge < -0.3 is 5.32 Å². The van der Waals surface area contributed by atoms with Crippen LogP contribution >= 0.6 is 0 Å². The topological polar surface area (TPSA) is 46.0 Å². The van der Waals surface area contributed by atoms with Gasteiger partial charge in [0, 0.05) is 19.1 Å². The maximum atomic E-state index is 4.40. The molecule has 0 amide bonds. The minimum atomic E-state index is 0.662. The summed E-state index contributed by atoms with van der Waals surface area (Å²) in [6, 6.07) is 0.662. The van der Waals surface area contributed by atoms with E-state index in [4.69, 9.17) is 0 Å². The molecule has 1 aliphatic heterocycles. The zero-order chi connectivity index (χ0) is 13.5. The van der Waals surface area contributed by atoms with E-state index in [1.54, 1.807) is 6.33 Å². The van der Waals surface area contributed by atoms with Crippen LogP contribution in [-0.2, 0) is 13.1 Å². The molecular weight excluding hydrogens is 238 g/mol. The van der Waals surface area contributed by atoms with Gasteiger partial charge in [-0.1, -0.05) is 13.3 Å². The van der Waals surface area contributed by atoms with Gasteiger partial charge in [-0.25, -0.2) is 9.67 Å². The number of aromatic nitrogens is 3. The summed E-state index contributed by atoms with van der Waals surface area (Å²) in [6.07, 6.45) is 6.80. The van der Waals surface area contributed by atoms with Crippen LogP contribution in [0.15, 0.2) is 6.33 Å². The van der Waals surface area contributed by atoms with Crippen LogP contribution in [0.2, 0.25) is 0 Å². The Morgan fingerprint density at radius 2 is 2.37 bits per heavy atom. The van der Waals surface area contributed by atoms with E-state index < -0.39 is 0 Å². The average molecular weight is 265 g/mol. The van der Waals surface area contributed by atoms with Gasteiger partial charge >= 0.3 is 0 Å². The molecule has 19 heavy (non-hydrogen) atoms. The number of unbranched alkanes of at least 4 members (excludes halogenated alkanes) is 1. The molecule has 0 spiro atoms. The molecule has 0 bridgehead atoms. The molecule has 5 heteroatoms. The lowest BCUT2D eigenvalue weighted by Crippen LogP contribution is -2.38. The summed E-state index contributed by atoms with van der Waals surface area (Å²) in [6.45, 7) is 9.66. The molecule has 1 aromatic rings. The Morgan fingerprint density at radius 1 is 1.47 bits per heavy atom. The van der Waals surface area contributed by atoms with Gasteiger partial charge in [0.25, 0.3) is 0 Å². The molecule has 0 radical (unpaired) electrons. The molecule has 1 aliphatic rings. The van der Waals surface area contributed by atoms with E-state index in [9.17, 15) is 0 Å². The Hall–Kier alpha value is -0.940. The van der Waals surface area contributed by atoms with Crippen LogP contribution < -0.4 is 5.32 Å². The summed E-state index contributed by atoms with van der Waals surface area (Å²) in [5.41, 5.74) is 0. The van der Waals surface area contributed by atoms with Gasteiger partial charge in [-0.2, -0.15) is 5.10 Å². The molecule has 0 aromatic carbocycles. The zero-order valence-electron chi connectivity index (χ0n) is 12.3. The van der Waals surface area contributed by atoms with Gasteiger partial charge in [0.2, 0.25) is 0 Å². The molecule has 1 saturated heterocycles. The quantitative estimate of drug-likeness (QED) is 0.776. The van der Waals surface area contributed by atoms with Crippen molar-refractivity contribution in [3.8, 4) is 0 Å². The highest BCUT2D eigenvalue weighted by Gasteiger charge is 2.19. The molecule has 0 aliphatic carbocycles. The van der Waals surface area contributed by atoms with Crippen molar-refractivity contribution < 1.29 is 0 Å². The molecule has 0 saturated carbocycles. The second kappa shape index (κ2) is 7.60. The van der Waals surface area contributed by atoms with Gasteiger partial charge in [0.15, 0.2) is 0 Å². The number of hydrogen-bond donors (Lipinski definition) is 1. The largest absolute Gasteiger partial charge is 0.313 e. The molecule has 2 rings (SSSR count). The molecule has 1 unspecified atom stereocenters. The molecule has 1 aromatic heterocycles. The highest BCUT2D eigenvalue weighted by molar-refractivity contribution is 4.86. The van der Waals surface area contributed by atoms with Crippen molar-refractivity contribution >= 4 is 0 Å². The molecule has 108 valence electrons. The van der Waals surface area contributed by atoms with Crippen LogP contribution in [0.3, 0.4) is 0 Å². The summed E-state index contributed by atoms with van der Waals surface area (Å²) < 4.78 is 2.00. The Kier molecular flexibility index (Phi) is 5.79. The fourth-order valence-corrected chi connectivity index (χ4v) is 2.72. The SMILES string of the molecule is CCCCN(Cc1ncnn1CC)CC1CCCN1. The highest BCUT2D eigenvalue weighted by Crippen LogP contribution is 2.10. The molecular formula is C14H27N5. The smallest absolute Gasteiger partial charge is 0.140 e. The number of aryl methyl sites for hydroxylation is 1. The van der Waals surface area contributed by atoms with E-state index in [2.05, 4.69) is 34.1 Å². The van der Waals surface area contributed by atoms with E-state index in [-0.39, 0.29) is 0 Å². The molecule has 2 heterocycles. The first kappa shape index (κ1) is 14.5. The predicted octanol–water partition coefficient (Wildman–Crippen LogP) is 1.65. The Balaban J connectivity index is 1.92. The predicted molar refractivity (Wildman–Crippen MR) is 76.9 cm³/mol. The maximum absolute atomic E-state index is 4.40. The first-order valence-electron chi connectivity index (χ1n) is 7.66. The van der Waals surface area contributed by atoms with Crippen molar-refractivity contribution in [2.75, 3.05) is 19.6 Å². The lowest BCUT2D eigenvalue weighted by Gasteiger charge is -2.25. The third kappa shape index (κ3) is 4.28. The molecule has 1 atom stereocenters. The fraction of sp³-hybridized carbons (Fsp3) is 0.857. The maximum Gasteiger partial charge on any atom is 0.140 e. The fourth-order valence-electron chi connectivity index (χ4n) is 2.72. The van der Waals surface area contributed by atoms with Crippen molar-refractivity contribution in [3.63, 3.8) is 0 Å². The summed E-state index contributed by atoms with van der Waals surface area (Å²) in [5, 5.41) is 7.85. The van der Waals surface area contributed by atoms with Gasteiger partial charge in [-0.3, -0.25) is 4.90 Å². The van der Waals surface area contributed by atoms with Crippen LogP contribution in [0.5, 0.6) is 0 Å². The van der Waals surface area contributed by atoms with E-state index in [0.717, 1.165) is 32.0 Å². The number of rotatable bonds is 8. The van der Waals surface area contributed by atoms with Crippen molar-refractivity contribution in [1.29, 1.82) is 0 Å². The van der Waals surface area contributed by atoms with Crippen molar-refractivity contribution in [3.05, 3.63) is 12.2 Å². The van der Waals surface area contributed by atoms with Crippen molar-refractivity contribution in [2.45, 2.75) is 58.7 Å². The van der Waals surface area contributed by atoms with Gasteiger partial charge in [0.05, 0.1) is 6.54 Å². The Bertz CT molecular complexity index is 356. The summed E-state index contributed by atoms with van der Waals surface area (Å²) in [7, 11) is 0. The van der Waals surface area contributed by atoms with E-state index in [1.165, 1.54) is 32.2 Å². The van der Waals surface area contributed by atoms with Crippen LogP contribution in [0, 0.1) is 0 Å². The number of nitrogens with zero attached hydrogens (tertiary/aromatic N) is 4. The third-order valence-electron chi connectivity index (χ3n) is 3.83. The summed E-state index contributed by atoms with van der Waals surface area (Å²) in [4.78, 5) is 6.93. The van der Waals surface area contributed by atoms with Crippen LogP contribution in [0.1, 0.15) is 45.4 Å². The summed E-state index contributed by atoms with van der Waals surface area (Å²) in [5.74, 6) is 1.09. The van der Waals surface area contributed by atoms with Gasteiger partial charge in [-0.05, 0) is 39.3 Å². The second-order valence-electron chi connectivity index (χ2n) is 5.37. The van der Waals surface area contributed by atoms with E-state index in [1.807, 2.05) is 4.68 Å².